The van der Waals surface area contributed by atoms with E-state index in [1.165, 1.54) is 31.4 Å². The molecule has 4 bridgehead atoms. The molecule has 9 heteroatoms. The summed E-state index contributed by atoms with van der Waals surface area (Å²) in [6.45, 7) is 3.00. The Morgan fingerprint density at radius 1 is 1.10 bits per heavy atom. The Balaban J connectivity index is 1.50. The molecule has 1 saturated heterocycles. The van der Waals surface area contributed by atoms with Crippen LogP contribution in [0.3, 0.4) is 0 Å². The number of carbonyl (C=O) groups is 2. The highest BCUT2D eigenvalue weighted by atomic mass is 127. The maximum absolute atomic E-state index is 14.4. The Labute approximate surface area is 254 Å². The number of aliphatic hydroxyl groups is 1. The molecular weight excluding hydrogens is 633 g/mol. The van der Waals surface area contributed by atoms with Crippen LogP contribution in [0.25, 0.3) is 0 Å². The number of rotatable bonds is 9. The number of aliphatic hydroxyl groups excluding tert-OH is 1. The summed E-state index contributed by atoms with van der Waals surface area (Å²) < 4.78 is 0.888. The van der Waals surface area contributed by atoms with E-state index in [0.29, 0.717) is 18.7 Å². The third kappa shape index (κ3) is 4.96. The van der Waals surface area contributed by atoms with Crippen LogP contribution in [0.15, 0.2) is 42.5 Å². The Hall–Kier alpha value is -2.53. The molecule has 0 aromatic heterocycles. The second kappa shape index (κ2) is 10.9. The maximum atomic E-state index is 14.4. The van der Waals surface area contributed by atoms with Gasteiger partial charge in [-0.25, -0.2) is 0 Å². The van der Waals surface area contributed by atoms with E-state index >= 15 is 0 Å². The van der Waals surface area contributed by atoms with Gasteiger partial charge in [0.15, 0.2) is 0 Å². The number of nitro benzene ring substituents is 1. The largest absolute Gasteiger partial charge is 0.392 e. The third-order valence-corrected chi connectivity index (χ3v) is 11.2. The lowest BCUT2D eigenvalue weighted by Gasteiger charge is -2.58. The first kappa shape index (κ1) is 28.6. The molecule has 2 aromatic carbocycles. The van der Waals surface area contributed by atoms with Crippen LogP contribution in [-0.2, 0) is 21.6 Å². The van der Waals surface area contributed by atoms with E-state index < -0.39 is 16.4 Å². The quantitative estimate of drug-likeness (QED) is 0.204. The number of likely N-dealkylation sites (tertiary alicyclic amines) is 1. The van der Waals surface area contributed by atoms with Gasteiger partial charge in [-0.2, -0.15) is 0 Å². The van der Waals surface area contributed by atoms with Crippen LogP contribution in [0.5, 0.6) is 0 Å². The van der Waals surface area contributed by atoms with E-state index in [4.69, 9.17) is 0 Å². The van der Waals surface area contributed by atoms with Crippen LogP contribution in [0.4, 0.5) is 5.69 Å². The van der Waals surface area contributed by atoms with Crippen molar-refractivity contribution in [1.29, 1.82) is 0 Å². The first-order chi connectivity index (χ1) is 19.7. The fourth-order valence-electron chi connectivity index (χ4n) is 9.07. The van der Waals surface area contributed by atoms with Crippen LogP contribution >= 0.6 is 22.6 Å². The van der Waals surface area contributed by atoms with Crippen LogP contribution < -0.4 is 5.32 Å². The summed E-state index contributed by atoms with van der Waals surface area (Å²) >= 11 is 2.26. The van der Waals surface area contributed by atoms with Crippen molar-refractivity contribution in [2.75, 3.05) is 13.1 Å². The number of carbonyl (C=O) groups excluding carboxylic acids is 2. The fourth-order valence-corrected chi connectivity index (χ4v) is 9.94. The fraction of sp³-hybridized carbons (Fsp3) is 0.562. The van der Waals surface area contributed by atoms with E-state index in [9.17, 15) is 24.8 Å². The van der Waals surface area contributed by atoms with Crippen LogP contribution in [0.2, 0.25) is 0 Å². The van der Waals surface area contributed by atoms with Gasteiger partial charge in [0.1, 0.15) is 5.41 Å². The molecule has 8 nitrogen and oxygen atoms in total. The molecular formula is C32H38IN3O5. The zero-order chi connectivity index (χ0) is 28.9. The molecule has 2 N–H and O–H groups in total. The number of nitro groups is 1. The molecule has 1 aliphatic heterocycles. The molecule has 41 heavy (non-hydrogen) atoms. The molecule has 5 fully saturated rings. The predicted molar refractivity (Wildman–Crippen MR) is 163 cm³/mol. The summed E-state index contributed by atoms with van der Waals surface area (Å²) in [4.78, 5) is 41.6. The maximum Gasteiger partial charge on any atom is 0.269 e. The minimum atomic E-state index is -1.25. The van der Waals surface area contributed by atoms with Gasteiger partial charge in [0, 0.05) is 35.2 Å². The van der Waals surface area contributed by atoms with Crippen molar-refractivity contribution in [1.82, 2.24) is 10.2 Å². The normalized spacial score (nSPS) is 32.0. The number of nitrogens with zero attached hydrogens (tertiary/aromatic N) is 2. The zero-order valence-corrected chi connectivity index (χ0v) is 25.6. The summed E-state index contributed by atoms with van der Waals surface area (Å²) in [6.07, 6.45) is 8.11. The topological polar surface area (TPSA) is 113 Å². The van der Waals surface area contributed by atoms with Crippen LogP contribution in [0, 0.1) is 36.9 Å². The third-order valence-electron chi connectivity index (χ3n) is 10.3. The van der Waals surface area contributed by atoms with Gasteiger partial charge in [0.25, 0.3) is 5.69 Å². The highest BCUT2D eigenvalue weighted by Crippen LogP contribution is 2.62. The van der Waals surface area contributed by atoms with Crippen molar-refractivity contribution in [2.45, 2.75) is 76.4 Å². The zero-order valence-electron chi connectivity index (χ0n) is 23.5. The molecule has 0 radical (unpaired) electrons. The minimum absolute atomic E-state index is 0.00915. The summed E-state index contributed by atoms with van der Waals surface area (Å²) in [5, 5.41) is 24.4. The van der Waals surface area contributed by atoms with Crippen molar-refractivity contribution in [2.24, 2.45) is 23.2 Å². The smallest absolute Gasteiger partial charge is 0.269 e. The minimum Gasteiger partial charge on any atom is -0.392 e. The highest BCUT2D eigenvalue weighted by molar-refractivity contribution is 14.1. The van der Waals surface area contributed by atoms with Gasteiger partial charge < -0.3 is 15.3 Å². The van der Waals surface area contributed by atoms with E-state index in [1.807, 2.05) is 30.0 Å². The summed E-state index contributed by atoms with van der Waals surface area (Å²) in [5.74, 6) is 1.93. The van der Waals surface area contributed by atoms with Gasteiger partial charge in [-0.05, 0) is 113 Å². The van der Waals surface area contributed by atoms with E-state index in [0.717, 1.165) is 58.1 Å². The molecule has 4 aliphatic carbocycles. The number of hydrogen-bond donors (Lipinski definition) is 2. The van der Waals surface area contributed by atoms with Gasteiger partial charge in [0.05, 0.1) is 17.6 Å². The molecule has 218 valence electrons. The average Bonchev–Trinajstić information content (AvgIpc) is 3.22. The van der Waals surface area contributed by atoms with Gasteiger partial charge in [-0.1, -0.05) is 31.2 Å². The average molecular weight is 672 g/mol. The number of benzene rings is 2. The Morgan fingerprint density at radius 3 is 2.27 bits per heavy atom. The van der Waals surface area contributed by atoms with Gasteiger partial charge in [-0.15, -0.1) is 0 Å². The van der Waals surface area contributed by atoms with Crippen molar-refractivity contribution in [3.8, 4) is 0 Å². The molecule has 2 amide bonds. The number of hydrogen-bond acceptors (Lipinski definition) is 5. The van der Waals surface area contributed by atoms with Crippen molar-refractivity contribution < 1.29 is 19.6 Å². The first-order valence-corrected chi connectivity index (χ1v) is 16.0. The van der Waals surface area contributed by atoms with Crippen LogP contribution in [-0.4, -0.2) is 39.8 Å². The Morgan fingerprint density at radius 2 is 1.73 bits per heavy atom. The molecule has 5 aliphatic rings. The summed E-state index contributed by atoms with van der Waals surface area (Å²) in [6, 6.07) is 11.4. The van der Waals surface area contributed by atoms with E-state index in [2.05, 4.69) is 27.9 Å². The van der Waals surface area contributed by atoms with Crippen LogP contribution in [0.1, 0.15) is 81.0 Å². The van der Waals surface area contributed by atoms with E-state index in [1.54, 1.807) is 12.1 Å². The summed E-state index contributed by atoms with van der Waals surface area (Å²) in [7, 11) is 0. The molecule has 2 atom stereocenters. The standard InChI is InChI=1S/C32H38IN3O5/c1-2-9-34-30(39)32(24-4-6-25(7-5-24)36(40)41)17-28(38)35(29(32)26-8-3-20(18-37)13-27(26)33)19-31-14-21-10-22(15-31)12-23(11-21)16-31/h3-8,13,21-23,29,37H,2,9-12,14-19H2,1H3,(H,34,39)/t21?,22?,23?,29-,31?,32-/m1/s1. The predicted octanol–water partition coefficient (Wildman–Crippen LogP) is 5.65. The molecule has 0 unspecified atom stereocenters. The van der Waals surface area contributed by atoms with Crippen molar-refractivity contribution >= 4 is 40.1 Å². The molecule has 7 rings (SSSR count). The Bertz CT molecular complexity index is 1330. The first-order valence-electron chi connectivity index (χ1n) is 14.9. The molecule has 0 spiro atoms. The number of amides is 2. The second-order valence-corrected chi connectivity index (χ2v) is 14.2. The van der Waals surface area contributed by atoms with Gasteiger partial charge >= 0.3 is 0 Å². The van der Waals surface area contributed by atoms with Crippen molar-refractivity contribution in [3.63, 3.8) is 0 Å². The highest BCUT2D eigenvalue weighted by Gasteiger charge is 2.61. The summed E-state index contributed by atoms with van der Waals surface area (Å²) in [5.41, 5.74) is 1.04. The number of halogens is 1. The monoisotopic (exact) mass is 671 g/mol. The van der Waals surface area contributed by atoms with E-state index in [-0.39, 0.29) is 35.9 Å². The lowest BCUT2D eigenvalue weighted by Crippen LogP contribution is -2.53. The number of nitrogens with one attached hydrogen (secondary N) is 1. The van der Waals surface area contributed by atoms with Gasteiger partial charge in [-0.3, -0.25) is 19.7 Å². The number of non-ortho nitro benzene ring substituents is 1. The van der Waals surface area contributed by atoms with Gasteiger partial charge in [0.2, 0.25) is 11.8 Å². The molecule has 2 aromatic rings. The Kier molecular flexibility index (Phi) is 7.63. The SMILES string of the molecule is CCCNC(=O)[C@@]1(c2ccc([N+](=O)[O-])cc2)CC(=O)N(CC23CC4CC(CC(C4)C2)C3)[C@@H]1c1ccc(CO)cc1I. The lowest BCUT2D eigenvalue weighted by molar-refractivity contribution is -0.384. The molecule has 4 saturated carbocycles. The lowest BCUT2D eigenvalue weighted by atomic mass is 9.49. The molecule has 1 heterocycles. The van der Waals surface area contributed by atoms with Crippen molar-refractivity contribution in [3.05, 3.63) is 72.8 Å². The second-order valence-electron chi connectivity index (χ2n) is 13.1.